The lowest BCUT2D eigenvalue weighted by molar-refractivity contribution is -0.384. The maximum absolute atomic E-state index is 11.8. The number of nitro groups is 1. The third-order valence-electron chi connectivity index (χ3n) is 2.69. The number of carbonyl (C=O) groups is 1. The predicted molar refractivity (Wildman–Crippen MR) is 68.3 cm³/mol. The molecule has 19 heavy (non-hydrogen) atoms. The fourth-order valence-electron chi connectivity index (χ4n) is 1.63. The molecule has 0 saturated carbocycles. The average molecular weight is 263 g/mol. The third kappa shape index (κ3) is 3.59. The highest BCUT2D eigenvalue weighted by molar-refractivity contribution is 6.35. The third-order valence-corrected chi connectivity index (χ3v) is 2.69. The summed E-state index contributed by atoms with van der Waals surface area (Å²) < 4.78 is 5.16. The molecule has 0 bridgehead atoms. The standard InChI is InChI=1S/C12H13N3O4/c16-12(9-13-14-5-7-19-8-6-14)10-1-3-11(4-2-10)15(17)18/h1-4,9H,5-8H2. The van der Waals surface area contributed by atoms with Crippen LogP contribution in [0.2, 0.25) is 0 Å². The summed E-state index contributed by atoms with van der Waals surface area (Å²) >= 11 is 0. The molecular formula is C12H13N3O4. The van der Waals surface area contributed by atoms with Gasteiger partial charge in [-0.25, -0.2) is 0 Å². The molecule has 0 aliphatic carbocycles. The van der Waals surface area contributed by atoms with Crippen molar-refractivity contribution >= 4 is 17.7 Å². The summed E-state index contributed by atoms with van der Waals surface area (Å²) in [6.45, 7) is 2.51. The molecule has 0 spiro atoms. The highest BCUT2D eigenvalue weighted by Gasteiger charge is 2.10. The van der Waals surface area contributed by atoms with Crippen LogP contribution in [0.15, 0.2) is 29.4 Å². The van der Waals surface area contributed by atoms with Gasteiger partial charge in [-0.05, 0) is 12.1 Å². The number of ether oxygens (including phenoxy) is 1. The van der Waals surface area contributed by atoms with Crippen LogP contribution in [-0.2, 0) is 4.74 Å². The van der Waals surface area contributed by atoms with Gasteiger partial charge in [0.15, 0.2) is 0 Å². The molecule has 0 atom stereocenters. The van der Waals surface area contributed by atoms with Gasteiger partial charge in [0.25, 0.3) is 5.69 Å². The maximum Gasteiger partial charge on any atom is 0.269 e. The molecule has 1 aromatic rings. The van der Waals surface area contributed by atoms with Crippen molar-refractivity contribution in [2.45, 2.75) is 0 Å². The molecule has 0 radical (unpaired) electrons. The molecule has 1 aliphatic heterocycles. The number of benzene rings is 1. The second-order valence-corrected chi connectivity index (χ2v) is 3.98. The van der Waals surface area contributed by atoms with E-state index < -0.39 is 4.92 Å². The SMILES string of the molecule is O=C(C=NN1CCOCC1)c1ccc([N+](=O)[O-])cc1. The molecule has 2 rings (SSSR count). The van der Waals surface area contributed by atoms with Crippen LogP contribution in [0.4, 0.5) is 5.69 Å². The van der Waals surface area contributed by atoms with Crippen LogP contribution in [0.3, 0.4) is 0 Å². The van der Waals surface area contributed by atoms with Gasteiger partial charge in [-0.1, -0.05) is 0 Å². The highest BCUT2D eigenvalue weighted by Crippen LogP contribution is 2.11. The summed E-state index contributed by atoms with van der Waals surface area (Å²) in [6, 6.07) is 5.45. The lowest BCUT2D eigenvalue weighted by atomic mass is 10.1. The first-order valence-corrected chi connectivity index (χ1v) is 5.82. The summed E-state index contributed by atoms with van der Waals surface area (Å²) in [7, 11) is 0. The number of morpholine rings is 1. The predicted octanol–water partition coefficient (Wildman–Crippen LogP) is 1.10. The van der Waals surface area contributed by atoms with Gasteiger partial charge < -0.3 is 4.74 Å². The smallest absolute Gasteiger partial charge is 0.269 e. The number of hydrazone groups is 1. The number of ketones is 1. The van der Waals surface area contributed by atoms with E-state index in [0.29, 0.717) is 31.9 Å². The number of carbonyl (C=O) groups excluding carboxylic acids is 1. The van der Waals surface area contributed by atoms with E-state index in [0.717, 1.165) is 0 Å². The topological polar surface area (TPSA) is 85.0 Å². The molecule has 0 N–H and O–H groups in total. The minimum atomic E-state index is -0.504. The Morgan fingerprint density at radius 2 is 1.95 bits per heavy atom. The van der Waals surface area contributed by atoms with Gasteiger partial charge in [-0.3, -0.25) is 19.9 Å². The molecule has 1 heterocycles. The van der Waals surface area contributed by atoms with E-state index in [1.165, 1.54) is 30.5 Å². The van der Waals surface area contributed by atoms with Crippen LogP contribution in [0.5, 0.6) is 0 Å². The normalized spacial score (nSPS) is 15.7. The first-order chi connectivity index (χ1) is 9.16. The number of non-ortho nitro benzene ring substituents is 1. The summed E-state index contributed by atoms with van der Waals surface area (Å²) in [4.78, 5) is 21.8. The molecule has 1 fully saturated rings. The summed E-state index contributed by atoms with van der Waals surface area (Å²) in [5.41, 5.74) is 0.337. The van der Waals surface area contributed by atoms with Crippen molar-refractivity contribution in [3.8, 4) is 0 Å². The van der Waals surface area contributed by atoms with Crippen molar-refractivity contribution < 1.29 is 14.5 Å². The van der Waals surface area contributed by atoms with E-state index in [1.807, 2.05) is 0 Å². The van der Waals surface area contributed by atoms with E-state index in [4.69, 9.17) is 4.74 Å². The van der Waals surface area contributed by atoms with Crippen LogP contribution in [0.1, 0.15) is 10.4 Å². The zero-order chi connectivity index (χ0) is 13.7. The van der Waals surface area contributed by atoms with Crippen molar-refractivity contribution in [1.29, 1.82) is 0 Å². The Kier molecular flexibility index (Phi) is 4.19. The Hall–Kier alpha value is -2.28. The van der Waals surface area contributed by atoms with Crippen molar-refractivity contribution in [1.82, 2.24) is 5.01 Å². The zero-order valence-corrected chi connectivity index (χ0v) is 10.2. The van der Waals surface area contributed by atoms with Gasteiger partial charge >= 0.3 is 0 Å². The van der Waals surface area contributed by atoms with Gasteiger partial charge in [-0.2, -0.15) is 5.10 Å². The number of Topliss-reactive ketones (excluding diaryl/α,β-unsaturated/α-hetero) is 1. The zero-order valence-electron chi connectivity index (χ0n) is 10.2. The van der Waals surface area contributed by atoms with Gasteiger partial charge in [0.05, 0.1) is 37.4 Å². The largest absolute Gasteiger partial charge is 0.378 e. The molecule has 1 saturated heterocycles. The molecule has 0 unspecified atom stereocenters. The molecule has 0 amide bonds. The second kappa shape index (κ2) is 6.05. The molecule has 0 aromatic heterocycles. The highest BCUT2D eigenvalue weighted by atomic mass is 16.6. The van der Waals surface area contributed by atoms with Crippen LogP contribution in [0, 0.1) is 10.1 Å². The van der Waals surface area contributed by atoms with E-state index in [9.17, 15) is 14.9 Å². The second-order valence-electron chi connectivity index (χ2n) is 3.98. The lowest BCUT2D eigenvalue weighted by Crippen LogP contribution is -2.32. The number of hydrogen-bond donors (Lipinski definition) is 0. The number of nitro benzene ring substituents is 1. The number of hydrogen-bond acceptors (Lipinski definition) is 6. The maximum atomic E-state index is 11.8. The lowest BCUT2D eigenvalue weighted by Gasteiger charge is -2.23. The van der Waals surface area contributed by atoms with Crippen LogP contribution >= 0.6 is 0 Å². The van der Waals surface area contributed by atoms with Gasteiger partial charge in [0, 0.05) is 17.7 Å². The van der Waals surface area contributed by atoms with E-state index in [-0.39, 0.29) is 11.5 Å². The number of nitrogens with zero attached hydrogens (tertiary/aromatic N) is 3. The molecular weight excluding hydrogens is 250 g/mol. The van der Waals surface area contributed by atoms with Crippen molar-refractivity contribution in [2.24, 2.45) is 5.10 Å². The van der Waals surface area contributed by atoms with Crippen LogP contribution in [0.25, 0.3) is 0 Å². The minimum absolute atomic E-state index is 0.0401. The van der Waals surface area contributed by atoms with E-state index in [2.05, 4.69) is 5.10 Å². The Labute approximate surface area is 109 Å². The molecule has 1 aromatic carbocycles. The summed E-state index contributed by atoms with van der Waals surface area (Å²) in [5, 5.41) is 16.3. The van der Waals surface area contributed by atoms with Crippen molar-refractivity contribution in [2.75, 3.05) is 26.3 Å². The fraction of sp³-hybridized carbons (Fsp3) is 0.333. The van der Waals surface area contributed by atoms with Crippen LogP contribution in [-0.4, -0.2) is 48.2 Å². The summed E-state index contributed by atoms with van der Waals surface area (Å²) in [6.07, 6.45) is 1.23. The summed E-state index contributed by atoms with van der Waals surface area (Å²) in [5.74, 6) is -0.276. The quantitative estimate of drug-likeness (QED) is 0.351. The average Bonchev–Trinajstić information content (AvgIpc) is 2.46. The Morgan fingerprint density at radius 1 is 1.32 bits per heavy atom. The number of rotatable bonds is 4. The van der Waals surface area contributed by atoms with Gasteiger partial charge in [-0.15, -0.1) is 0 Å². The van der Waals surface area contributed by atoms with Crippen molar-refractivity contribution in [3.63, 3.8) is 0 Å². The minimum Gasteiger partial charge on any atom is -0.378 e. The van der Waals surface area contributed by atoms with E-state index >= 15 is 0 Å². The Morgan fingerprint density at radius 3 is 2.53 bits per heavy atom. The molecule has 7 heteroatoms. The molecule has 100 valence electrons. The fourth-order valence-corrected chi connectivity index (χ4v) is 1.63. The first-order valence-electron chi connectivity index (χ1n) is 5.82. The Balaban J connectivity index is 1.98. The van der Waals surface area contributed by atoms with Crippen LogP contribution < -0.4 is 0 Å². The van der Waals surface area contributed by atoms with Gasteiger partial charge in [0.2, 0.25) is 5.78 Å². The molecule has 1 aliphatic rings. The van der Waals surface area contributed by atoms with Crippen molar-refractivity contribution in [3.05, 3.63) is 39.9 Å². The van der Waals surface area contributed by atoms with Gasteiger partial charge in [0.1, 0.15) is 0 Å². The Bertz CT molecular complexity index is 492. The van der Waals surface area contributed by atoms with E-state index in [1.54, 1.807) is 5.01 Å². The molecule has 7 nitrogen and oxygen atoms in total. The first kappa shape index (κ1) is 13.2. The monoisotopic (exact) mass is 263 g/mol.